The Morgan fingerprint density at radius 1 is 1.05 bits per heavy atom. The van der Waals surface area contributed by atoms with Crippen molar-refractivity contribution in [3.8, 4) is 0 Å². The highest BCUT2D eigenvalue weighted by molar-refractivity contribution is 5.95. The van der Waals surface area contributed by atoms with Crippen LogP contribution in [-0.4, -0.2) is 18.9 Å². The Morgan fingerprint density at radius 3 is 2.48 bits per heavy atom. The zero-order chi connectivity index (χ0) is 15.2. The third kappa shape index (κ3) is 3.82. The highest BCUT2D eigenvalue weighted by atomic mass is 16.1. The van der Waals surface area contributed by atoms with Crippen LogP contribution < -0.4 is 16.4 Å². The quantitative estimate of drug-likeness (QED) is 0.781. The van der Waals surface area contributed by atoms with Crippen molar-refractivity contribution >= 4 is 17.5 Å². The van der Waals surface area contributed by atoms with Crippen molar-refractivity contribution in [3.63, 3.8) is 0 Å². The summed E-state index contributed by atoms with van der Waals surface area (Å²) in [7, 11) is 1.60. The monoisotopic (exact) mass is 283 g/mol. The molecule has 0 saturated heterocycles. The predicted octanol–water partition coefficient (Wildman–Crippen LogP) is 1.76. The van der Waals surface area contributed by atoms with E-state index in [9.17, 15) is 9.59 Å². The first-order chi connectivity index (χ1) is 10.1. The summed E-state index contributed by atoms with van der Waals surface area (Å²) < 4.78 is 0. The molecule has 0 atom stereocenters. The maximum atomic E-state index is 11.6. The highest BCUT2D eigenvalue weighted by Crippen LogP contribution is 2.13. The Morgan fingerprint density at radius 2 is 1.76 bits per heavy atom. The molecule has 5 heteroatoms. The molecule has 2 aromatic rings. The molecule has 2 aromatic carbocycles. The summed E-state index contributed by atoms with van der Waals surface area (Å²) in [6.45, 7) is 0.540. The minimum Gasteiger partial charge on any atom is -0.381 e. The van der Waals surface area contributed by atoms with Gasteiger partial charge in [-0.3, -0.25) is 9.59 Å². The van der Waals surface area contributed by atoms with Crippen LogP contribution in [0.4, 0.5) is 5.69 Å². The normalized spacial score (nSPS) is 9.95. The van der Waals surface area contributed by atoms with E-state index in [0.29, 0.717) is 17.7 Å². The van der Waals surface area contributed by atoms with Crippen molar-refractivity contribution in [3.05, 3.63) is 65.2 Å². The Kier molecular flexibility index (Phi) is 4.56. The third-order valence-electron chi connectivity index (χ3n) is 3.06. The first-order valence-corrected chi connectivity index (χ1v) is 6.55. The van der Waals surface area contributed by atoms with Gasteiger partial charge in [0.2, 0.25) is 5.91 Å². The van der Waals surface area contributed by atoms with Crippen LogP contribution in [-0.2, 0) is 6.54 Å². The molecule has 2 rings (SSSR count). The Bertz CT molecular complexity index is 668. The van der Waals surface area contributed by atoms with E-state index in [1.165, 1.54) is 0 Å². The first kappa shape index (κ1) is 14.6. The summed E-state index contributed by atoms with van der Waals surface area (Å²) >= 11 is 0. The Hall–Kier alpha value is -2.82. The molecule has 0 radical (unpaired) electrons. The van der Waals surface area contributed by atoms with Crippen LogP contribution >= 0.6 is 0 Å². The molecule has 2 amide bonds. The fourth-order valence-corrected chi connectivity index (χ4v) is 1.95. The lowest BCUT2D eigenvalue weighted by Gasteiger charge is -2.09. The van der Waals surface area contributed by atoms with Crippen LogP contribution in [0.1, 0.15) is 26.3 Å². The molecule has 0 heterocycles. The molecule has 0 fully saturated rings. The van der Waals surface area contributed by atoms with Crippen LogP contribution in [0.15, 0.2) is 48.5 Å². The number of nitrogens with two attached hydrogens (primary N) is 1. The number of benzene rings is 2. The van der Waals surface area contributed by atoms with E-state index < -0.39 is 5.91 Å². The predicted molar refractivity (Wildman–Crippen MR) is 82.1 cm³/mol. The van der Waals surface area contributed by atoms with Crippen molar-refractivity contribution in [1.82, 2.24) is 5.32 Å². The van der Waals surface area contributed by atoms with Crippen LogP contribution in [0.25, 0.3) is 0 Å². The number of anilines is 1. The van der Waals surface area contributed by atoms with E-state index >= 15 is 0 Å². The van der Waals surface area contributed by atoms with Crippen molar-refractivity contribution in [2.24, 2.45) is 5.73 Å². The van der Waals surface area contributed by atoms with Crippen molar-refractivity contribution in [1.29, 1.82) is 0 Å². The van der Waals surface area contributed by atoms with Gasteiger partial charge in [-0.2, -0.15) is 0 Å². The van der Waals surface area contributed by atoms with Crippen molar-refractivity contribution in [2.75, 3.05) is 12.4 Å². The second-order valence-electron chi connectivity index (χ2n) is 4.58. The molecule has 0 bridgehead atoms. The number of rotatable bonds is 5. The van der Waals surface area contributed by atoms with E-state index in [0.717, 1.165) is 11.3 Å². The fraction of sp³-hybridized carbons (Fsp3) is 0.125. The van der Waals surface area contributed by atoms with Gasteiger partial charge in [0.1, 0.15) is 0 Å². The van der Waals surface area contributed by atoms with Gasteiger partial charge < -0.3 is 16.4 Å². The largest absolute Gasteiger partial charge is 0.381 e. The zero-order valence-corrected chi connectivity index (χ0v) is 11.7. The van der Waals surface area contributed by atoms with Crippen molar-refractivity contribution in [2.45, 2.75) is 6.54 Å². The number of carbonyl (C=O) groups is 2. The Balaban J connectivity index is 2.08. The number of hydrogen-bond acceptors (Lipinski definition) is 3. The minimum atomic E-state index is -0.446. The summed E-state index contributed by atoms with van der Waals surface area (Å²) in [6, 6.07) is 14.3. The molecule has 0 aliphatic rings. The second-order valence-corrected chi connectivity index (χ2v) is 4.58. The molecule has 0 aromatic heterocycles. The number of hydrogen-bond donors (Lipinski definition) is 3. The number of nitrogens with one attached hydrogen (secondary N) is 2. The maximum Gasteiger partial charge on any atom is 0.251 e. The van der Waals surface area contributed by atoms with Crippen LogP contribution in [0.5, 0.6) is 0 Å². The van der Waals surface area contributed by atoms with Gasteiger partial charge in [0.05, 0.1) is 0 Å². The lowest BCUT2D eigenvalue weighted by molar-refractivity contribution is 0.0961. The fourth-order valence-electron chi connectivity index (χ4n) is 1.95. The number of amides is 2. The first-order valence-electron chi connectivity index (χ1n) is 6.55. The SMILES string of the molecule is CNC(=O)c1cccc(NCc2cccc(C(N)=O)c2)c1. The molecule has 108 valence electrons. The van der Waals surface area contributed by atoms with E-state index in [1.54, 1.807) is 37.4 Å². The smallest absolute Gasteiger partial charge is 0.251 e. The zero-order valence-electron chi connectivity index (χ0n) is 11.7. The summed E-state index contributed by atoms with van der Waals surface area (Å²) in [5, 5.41) is 5.80. The topological polar surface area (TPSA) is 84.2 Å². The molecule has 0 spiro atoms. The van der Waals surface area contributed by atoms with E-state index in [4.69, 9.17) is 5.73 Å². The van der Waals surface area contributed by atoms with Crippen LogP contribution in [0.2, 0.25) is 0 Å². The summed E-state index contributed by atoms with van der Waals surface area (Å²) in [5.74, 6) is -0.576. The van der Waals surface area contributed by atoms with Gasteiger partial charge in [-0.1, -0.05) is 18.2 Å². The summed E-state index contributed by atoms with van der Waals surface area (Å²) in [6.07, 6.45) is 0. The van der Waals surface area contributed by atoms with E-state index in [1.807, 2.05) is 18.2 Å². The van der Waals surface area contributed by atoms with Gasteiger partial charge in [0.25, 0.3) is 5.91 Å². The third-order valence-corrected chi connectivity index (χ3v) is 3.06. The number of carbonyl (C=O) groups excluding carboxylic acids is 2. The van der Waals surface area contributed by atoms with Gasteiger partial charge in [0, 0.05) is 30.4 Å². The van der Waals surface area contributed by atoms with Gasteiger partial charge in [-0.05, 0) is 35.9 Å². The molecular weight excluding hydrogens is 266 g/mol. The highest BCUT2D eigenvalue weighted by Gasteiger charge is 2.04. The van der Waals surface area contributed by atoms with Crippen molar-refractivity contribution < 1.29 is 9.59 Å². The van der Waals surface area contributed by atoms with Gasteiger partial charge in [-0.25, -0.2) is 0 Å². The molecule has 4 N–H and O–H groups in total. The second kappa shape index (κ2) is 6.56. The molecule has 5 nitrogen and oxygen atoms in total. The number of primary amides is 1. The summed E-state index contributed by atoms with van der Waals surface area (Å²) in [5.41, 5.74) is 8.10. The standard InChI is InChI=1S/C16H17N3O2/c1-18-16(21)13-6-3-7-14(9-13)19-10-11-4-2-5-12(8-11)15(17)20/h2-9,19H,10H2,1H3,(H2,17,20)(H,18,21). The van der Waals surface area contributed by atoms with Gasteiger partial charge in [0.15, 0.2) is 0 Å². The lowest BCUT2D eigenvalue weighted by Crippen LogP contribution is -2.17. The molecular formula is C16H17N3O2. The van der Waals surface area contributed by atoms with Crippen LogP contribution in [0.3, 0.4) is 0 Å². The maximum absolute atomic E-state index is 11.6. The molecule has 0 unspecified atom stereocenters. The molecule has 0 aliphatic heterocycles. The van der Waals surface area contributed by atoms with Gasteiger partial charge in [-0.15, -0.1) is 0 Å². The Labute approximate surface area is 123 Å². The van der Waals surface area contributed by atoms with Gasteiger partial charge >= 0.3 is 0 Å². The van der Waals surface area contributed by atoms with E-state index in [2.05, 4.69) is 10.6 Å². The van der Waals surface area contributed by atoms with Crippen LogP contribution in [0, 0.1) is 0 Å². The van der Waals surface area contributed by atoms with E-state index in [-0.39, 0.29) is 5.91 Å². The lowest BCUT2D eigenvalue weighted by atomic mass is 10.1. The summed E-state index contributed by atoms with van der Waals surface area (Å²) in [4.78, 5) is 22.7. The molecule has 0 saturated carbocycles. The average molecular weight is 283 g/mol. The average Bonchev–Trinajstić information content (AvgIpc) is 2.52. The molecule has 0 aliphatic carbocycles. The molecule has 21 heavy (non-hydrogen) atoms. The minimum absolute atomic E-state index is 0.130.